The van der Waals surface area contributed by atoms with Crippen LogP contribution in [0.25, 0.3) is 0 Å². The van der Waals surface area contributed by atoms with Crippen molar-refractivity contribution in [1.82, 2.24) is 15.1 Å². The van der Waals surface area contributed by atoms with E-state index in [9.17, 15) is 9.59 Å². The Labute approximate surface area is 202 Å². The zero-order valence-corrected chi connectivity index (χ0v) is 20.4. The summed E-state index contributed by atoms with van der Waals surface area (Å²) >= 11 is 5.99. The van der Waals surface area contributed by atoms with Gasteiger partial charge >= 0.3 is 0 Å². The summed E-state index contributed by atoms with van der Waals surface area (Å²) in [6, 6.07) is 15.7. The molecular formula is C27H34ClN3O2. The van der Waals surface area contributed by atoms with Gasteiger partial charge in [-0.25, -0.2) is 0 Å². The molecule has 1 N–H and O–H groups in total. The summed E-state index contributed by atoms with van der Waals surface area (Å²) in [6.45, 7) is 6.69. The number of piperidine rings is 1. The summed E-state index contributed by atoms with van der Waals surface area (Å²) in [5.41, 5.74) is 2.52. The van der Waals surface area contributed by atoms with Gasteiger partial charge in [-0.2, -0.15) is 0 Å². The first kappa shape index (κ1) is 23.8. The molecule has 1 saturated heterocycles. The van der Waals surface area contributed by atoms with E-state index in [2.05, 4.69) is 24.1 Å². The number of halogens is 1. The van der Waals surface area contributed by atoms with Gasteiger partial charge in [0.05, 0.1) is 0 Å². The van der Waals surface area contributed by atoms with Gasteiger partial charge in [0.25, 0.3) is 5.91 Å². The van der Waals surface area contributed by atoms with Gasteiger partial charge in [-0.3, -0.25) is 14.5 Å². The third kappa shape index (κ3) is 5.42. The fourth-order valence-electron chi connectivity index (χ4n) is 5.27. The molecule has 33 heavy (non-hydrogen) atoms. The van der Waals surface area contributed by atoms with Crippen molar-refractivity contribution in [2.45, 2.75) is 64.1 Å². The number of carbonyl (C=O) groups is 2. The fraction of sp³-hybridized carbons (Fsp3) is 0.481. The lowest BCUT2D eigenvalue weighted by Crippen LogP contribution is -2.45. The van der Waals surface area contributed by atoms with Gasteiger partial charge in [-0.05, 0) is 68.9 Å². The van der Waals surface area contributed by atoms with Crippen LogP contribution >= 0.6 is 11.6 Å². The average molecular weight is 468 g/mol. The topological polar surface area (TPSA) is 52.7 Å². The van der Waals surface area contributed by atoms with Crippen molar-refractivity contribution in [2.24, 2.45) is 0 Å². The van der Waals surface area contributed by atoms with Crippen LogP contribution in [0.2, 0.25) is 5.02 Å². The number of hydrogen-bond acceptors (Lipinski definition) is 3. The minimum Gasteiger partial charge on any atom is -0.354 e. The number of hydrogen-bond donors (Lipinski definition) is 1. The molecule has 0 aliphatic carbocycles. The molecule has 0 saturated carbocycles. The van der Waals surface area contributed by atoms with Crippen molar-refractivity contribution >= 4 is 23.4 Å². The summed E-state index contributed by atoms with van der Waals surface area (Å²) in [5.74, 6) is -0.167. The number of nitrogens with one attached hydrogen (secondary N) is 1. The second-order valence-electron chi connectivity index (χ2n) is 9.38. The number of amides is 2. The highest BCUT2D eigenvalue weighted by atomic mass is 35.5. The Hall–Kier alpha value is -2.37. The van der Waals surface area contributed by atoms with Crippen LogP contribution in [0.1, 0.15) is 67.1 Å². The normalized spacial score (nSPS) is 22.9. The Bertz CT molecular complexity index is 968. The molecule has 0 bridgehead atoms. The SMILES string of the molecule is C[C@@H]1CCC[C@@H](C)N1CCCNC(=O)[C@H]1c2ccccc2C(=O)N1CCc1ccc(Cl)cc1. The van der Waals surface area contributed by atoms with E-state index in [1.165, 1.54) is 19.3 Å². The summed E-state index contributed by atoms with van der Waals surface area (Å²) in [6.07, 6.45) is 5.38. The molecule has 0 spiro atoms. The zero-order valence-electron chi connectivity index (χ0n) is 19.6. The Balaban J connectivity index is 1.38. The highest BCUT2D eigenvalue weighted by molar-refractivity contribution is 6.30. The van der Waals surface area contributed by atoms with Crippen molar-refractivity contribution in [3.63, 3.8) is 0 Å². The predicted octanol–water partition coefficient (Wildman–Crippen LogP) is 4.85. The third-order valence-corrected chi connectivity index (χ3v) is 7.38. The van der Waals surface area contributed by atoms with E-state index in [0.29, 0.717) is 42.2 Å². The molecule has 1 fully saturated rings. The van der Waals surface area contributed by atoms with Gasteiger partial charge in [0.1, 0.15) is 6.04 Å². The van der Waals surface area contributed by atoms with Crippen molar-refractivity contribution in [3.05, 3.63) is 70.2 Å². The van der Waals surface area contributed by atoms with Crippen molar-refractivity contribution in [3.8, 4) is 0 Å². The second-order valence-corrected chi connectivity index (χ2v) is 9.81. The Kier molecular flexibility index (Phi) is 7.71. The Morgan fingerprint density at radius 3 is 2.45 bits per heavy atom. The average Bonchev–Trinajstić information content (AvgIpc) is 3.09. The molecule has 2 heterocycles. The highest BCUT2D eigenvalue weighted by Crippen LogP contribution is 2.34. The monoisotopic (exact) mass is 467 g/mol. The smallest absolute Gasteiger partial charge is 0.255 e. The number of carbonyl (C=O) groups excluding carboxylic acids is 2. The van der Waals surface area contributed by atoms with E-state index in [-0.39, 0.29) is 11.8 Å². The first-order valence-electron chi connectivity index (χ1n) is 12.1. The van der Waals surface area contributed by atoms with Gasteiger partial charge < -0.3 is 10.2 Å². The molecular weight excluding hydrogens is 434 g/mol. The van der Waals surface area contributed by atoms with E-state index in [4.69, 9.17) is 11.6 Å². The quantitative estimate of drug-likeness (QED) is 0.564. The molecule has 6 heteroatoms. The summed E-state index contributed by atoms with van der Waals surface area (Å²) < 4.78 is 0. The van der Waals surface area contributed by atoms with E-state index < -0.39 is 6.04 Å². The van der Waals surface area contributed by atoms with Crippen LogP contribution in [-0.4, -0.2) is 53.3 Å². The minimum atomic E-state index is -0.575. The molecule has 2 aromatic carbocycles. The maximum absolute atomic E-state index is 13.3. The lowest BCUT2D eigenvalue weighted by atomic mass is 9.97. The number of rotatable bonds is 8. The fourth-order valence-corrected chi connectivity index (χ4v) is 5.40. The number of benzene rings is 2. The van der Waals surface area contributed by atoms with E-state index in [1.807, 2.05) is 48.5 Å². The summed E-state index contributed by atoms with van der Waals surface area (Å²) in [5, 5.41) is 3.80. The first-order valence-corrected chi connectivity index (χ1v) is 12.5. The first-order chi connectivity index (χ1) is 16.0. The zero-order chi connectivity index (χ0) is 23.4. The van der Waals surface area contributed by atoms with Crippen LogP contribution in [0.15, 0.2) is 48.5 Å². The van der Waals surface area contributed by atoms with E-state index >= 15 is 0 Å². The lowest BCUT2D eigenvalue weighted by Gasteiger charge is -2.39. The molecule has 2 aliphatic rings. The van der Waals surface area contributed by atoms with Gasteiger partial charge in [-0.15, -0.1) is 0 Å². The van der Waals surface area contributed by atoms with Gasteiger partial charge in [0, 0.05) is 42.3 Å². The van der Waals surface area contributed by atoms with Crippen molar-refractivity contribution in [1.29, 1.82) is 0 Å². The molecule has 0 unspecified atom stereocenters. The third-order valence-electron chi connectivity index (χ3n) is 7.13. The van der Waals surface area contributed by atoms with Gasteiger partial charge in [-0.1, -0.05) is 48.4 Å². The van der Waals surface area contributed by atoms with Gasteiger partial charge in [0.15, 0.2) is 0 Å². The standard InChI is InChI=1S/C27H34ClN3O2/c1-19-7-5-8-20(2)30(19)17-6-16-29-26(32)25-23-9-3-4-10-24(23)27(33)31(25)18-15-21-11-13-22(28)14-12-21/h3-4,9-14,19-20,25H,5-8,15-18H2,1-2H3,(H,29,32)/t19-,20-,25-/m1/s1. The molecule has 3 atom stereocenters. The van der Waals surface area contributed by atoms with E-state index in [1.54, 1.807) is 4.90 Å². The number of nitrogens with zero attached hydrogens (tertiary/aromatic N) is 2. The maximum atomic E-state index is 13.3. The Morgan fingerprint density at radius 2 is 1.73 bits per heavy atom. The molecule has 2 amide bonds. The van der Waals surface area contributed by atoms with Crippen LogP contribution in [0.5, 0.6) is 0 Å². The van der Waals surface area contributed by atoms with Crippen molar-refractivity contribution in [2.75, 3.05) is 19.6 Å². The molecule has 0 aromatic heterocycles. The lowest BCUT2D eigenvalue weighted by molar-refractivity contribution is -0.125. The number of likely N-dealkylation sites (tertiary alicyclic amines) is 1. The van der Waals surface area contributed by atoms with Crippen molar-refractivity contribution < 1.29 is 9.59 Å². The maximum Gasteiger partial charge on any atom is 0.255 e. The minimum absolute atomic E-state index is 0.0734. The molecule has 4 rings (SSSR count). The molecule has 2 aliphatic heterocycles. The molecule has 2 aromatic rings. The van der Waals surface area contributed by atoms with Crippen LogP contribution in [0.3, 0.4) is 0 Å². The van der Waals surface area contributed by atoms with Gasteiger partial charge in [0.2, 0.25) is 5.91 Å². The van der Waals surface area contributed by atoms with Crippen LogP contribution < -0.4 is 5.32 Å². The van der Waals surface area contributed by atoms with Crippen LogP contribution in [0.4, 0.5) is 0 Å². The summed E-state index contributed by atoms with van der Waals surface area (Å²) in [7, 11) is 0. The second kappa shape index (κ2) is 10.7. The Morgan fingerprint density at radius 1 is 1.03 bits per heavy atom. The van der Waals surface area contributed by atoms with Crippen LogP contribution in [-0.2, 0) is 11.2 Å². The van der Waals surface area contributed by atoms with Crippen LogP contribution in [0, 0.1) is 0 Å². The van der Waals surface area contributed by atoms with E-state index in [0.717, 1.165) is 24.1 Å². The molecule has 176 valence electrons. The summed E-state index contributed by atoms with van der Waals surface area (Å²) in [4.78, 5) is 30.6. The number of fused-ring (bicyclic) bond motifs is 1. The molecule has 0 radical (unpaired) electrons. The molecule has 5 nitrogen and oxygen atoms in total. The predicted molar refractivity (Wildman–Crippen MR) is 132 cm³/mol. The largest absolute Gasteiger partial charge is 0.354 e. The highest BCUT2D eigenvalue weighted by Gasteiger charge is 2.40.